The zero-order valence-electron chi connectivity index (χ0n) is 14.3. The summed E-state index contributed by atoms with van der Waals surface area (Å²) in [6.07, 6.45) is 0. The number of phenols is 2. The van der Waals surface area contributed by atoms with Crippen LogP contribution in [0.3, 0.4) is 0 Å². The number of hydrogen-bond donors (Lipinski definition) is 3. The Morgan fingerprint density at radius 3 is 2.04 bits per heavy atom. The van der Waals surface area contributed by atoms with Crippen molar-refractivity contribution in [3.63, 3.8) is 0 Å². The number of aromatic hydroxyl groups is 2. The molecule has 0 atom stereocenters. The Morgan fingerprint density at radius 2 is 1.46 bits per heavy atom. The molecule has 3 aromatic rings. The number of primary amides is 1. The summed E-state index contributed by atoms with van der Waals surface area (Å²) in [7, 11) is 0. The van der Waals surface area contributed by atoms with Crippen LogP contribution in [0.25, 0.3) is 0 Å². The summed E-state index contributed by atoms with van der Waals surface area (Å²) in [4.78, 5) is 24.4. The van der Waals surface area contributed by atoms with E-state index in [0.29, 0.717) is 22.3 Å². The van der Waals surface area contributed by atoms with Gasteiger partial charge in [0.1, 0.15) is 23.0 Å². The molecule has 0 radical (unpaired) electrons. The minimum Gasteiger partial charge on any atom is -0.508 e. The summed E-state index contributed by atoms with van der Waals surface area (Å²) in [6.45, 7) is 0. The second kappa shape index (κ2) is 5.26. The van der Waals surface area contributed by atoms with E-state index in [-0.39, 0.29) is 28.6 Å². The minimum absolute atomic E-state index is 0.0343. The van der Waals surface area contributed by atoms with Crippen molar-refractivity contribution in [2.75, 3.05) is 0 Å². The SMILES string of the molecule is NC(=O)c1ccc2c(c1)C1(OC2=O)c2ccc(O)cc2Oc2cc(O)ccc21. The number of ether oxygens (including phenoxy) is 2. The molecule has 1 amide bonds. The van der Waals surface area contributed by atoms with E-state index in [9.17, 15) is 19.8 Å². The van der Waals surface area contributed by atoms with Gasteiger partial charge in [0.25, 0.3) is 0 Å². The number of fused-ring (bicyclic) bond motifs is 6. The van der Waals surface area contributed by atoms with E-state index in [2.05, 4.69) is 0 Å². The van der Waals surface area contributed by atoms with E-state index in [0.717, 1.165) is 0 Å². The molecule has 2 heterocycles. The maximum Gasteiger partial charge on any atom is 0.340 e. The third-order valence-corrected chi connectivity index (χ3v) is 5.06. The molecule has 0 unspecified atom stereocenters. The van der Waals surface area contributed by atoms with Crippen molar-refractivity contribution < 1.29 is 29.3 Å². The second-order valence-corrected chi connectivity index (χ2v) is 6.66. The summed E-state index contributed by atoms with van der Waals surface area (Å²) >= 11 is 0. The molecule has 0 saturated carbocycles. The second-order valence-electron chi connectivity index (χ2n) is 6.66. The van der Waals surface area contributed by atoms with Crippen LogP contribution in [0.2, 0.25) is 0 Å². The number of nitrogens with two attached hydrogens (primary N) is 1. The quantitative estimate of drug-likeness (QED) is 0.563. The van der Waals surface area contributed by atoms with Gasteiger partial charge in [-0.3, -0.25) is 4.79 Å². The molecule has 138 valence electrons. The fraction of sp³-hybridized carbons (Fsp3) is 0.0476. The van der Waals surface area contributed by atoms with Crippen LogP contribution in [0.5, 0.6) is 23.0 Å². The molecular formula is C21H13NO6. The maximum absolute atomic E-state index is 12.7. The number of esters is 1. The van der Waals surface area contributed by atoms with Crippen LogP contribution in [-0.2, 0) is 10.3 Å². The highest BCUT2D eigenvalue weighted by atomic mass is 16.6. The molecule has 7 nitrogen and oxygen atoms in total. The monoisotopic (exact) mass is 375 g/mol. The highest BCUT2D eigenvalue weighted by Crippen LogP contribution is 2.57. The van der Waals surface area contributed by atoms with Crippen molar-refractivity contribution in [1.82, 2.24) is 0 Å². The zero-order valence-corrected chi connectivity index (χ0v) is 14.3. The lowest BCUT2D eigenvalue weighted by Crippen LogP contribution is -2.33. The number of phenolic OH excluding ortho intramolecular Hbond substituents is 2. The molecule has 7 heteroatoms. The van der Waals surface area contributed by atoms with Crippen molar-refractivity contribution in [3.05, 3.63) is 82.4 Å². The smallest absolute Gasteiger partial charge is 0.340 e. The molecule has 2 aliphatic heterocycles. The highest BCUT2D eigenvalue weighted by Gasteiger charge is 2.53. The van der Waals surface area contributed by atoms with Gasteiger partial charge < -0.3 is 25.4 Å². The van der Waals surface area contributed by atoms with Gasteiger partial charge in [-0.1, -0.05) is 0 Å². The lowest BCUT2D eigenvalue weighted by molar-refractivity contribution is 0.0224. The van der Waals surface area contributed by atoms with Crippen molar-refractivity contribution in [2.45, 2.75) is 5.60 Å². The fourth-order valence-corrected chi connectivity index (χ4v) is 3.85. The van der Waals surface area contributed by atoms with Gasteiger partial charge in [-0.05, 0) is 42.5 Å². The molecule has 0 saturated heterocycles. The predicted molar refractivity (Wildman–Crippen MR) is 96.5 cm³/mol. The van der Waals surface area contributed by atoms with E-state index >= 15 is 0 Å². The summed E-state index contributed by atoms with van der Waals surface area (Å²) in [5.41, 5.74) is 5.96. The average molecular weight is 375 g/mol. The zero-order chi connectivity index (χ0) is 19.6. The first-order chi connectivity index (χ1) is 13.4. The Morgan fingerprint density at radius 1 is 0.857 bits per heavy atom. The number of hydrogen-bond acceptors (Lipinski definition) is 6. The lowest BCUT2D eigenvalue weighted by atomic mass is 9.77. The average Bonchev–Trinajstić information content (AvgIpc) is 2.94. The summed E-state index contributed by atoms with van der Waals surface area (Å²) < 4.78 is 11.7. The number of carbonyl (C=O) groups excluding carboxylic acids is 2. The molecule has 4 N–H and O–H groups in total. The molecule has 0 aromatic heterocycles. The van der Waals surface area contributed by atoms with Crippen molar-refractivity contribution >= 4 is 11.9 Å². The van der Waals surface area contributed by atoms with Crippen LogP contribution < -0.4 is 10.5 Å². The largest absolute Gasteiger partial charge is 0.508 e. The van der Waals surface area contributed by atoms with Crippen LogP contribution in [0.4, 0.5) is 0 Å². The molecule has 0 fully saturated rings. The third kappa shape index (κ3) is 1.98. The van der Waals surface area contributed by atoms with E-state index in [1.807, 2.05) is 0 Å². The molecule has 28 heavy (non-hydrogen) atoms. The number of benzene rings is 3. The van der Waals surface area contributed by atoms with Gasteiger partial charge in [-0.25, -0.2) is 4.79 Å². The van der Waals surface area contributed by atoms with Crippen molar-refractivity contribution in [3.8, 4) is 23.0 Å². The van der Waals surface area contributed by atoms with Gasteiger partial charge in [0.15, 0.2) is 5.60 Å². The molecule has 0 bridgehead atoms. The molecular weight excluding hydrogens is 362 g/mol. The predicted octanol–water partition coefficient (Wildman–Crippen LogP) is 2.76. The molecule has 1 spiro atoms. The molecule has 2 aliphatic rings. The Hall–Kier alpha value is -4.00. The van der Waals surface area contributed by atoms with E-state index in [4.69, 9.17) is 15.2 Å². The molecule has 5 rings (SSSR count). The Balaban J connectivity index is 1.90. The Bertz CT molecular complexity index is 1150. The lowest BCUT2D eigenvalue weighted by Gasteiger charge is -2.36. The van der Waals surface area contributed by atoms with Gasteiger partial charge in [-0.2, -0.15) is 0 Å². The van der Waals surface area contributed by atoms with E-state index in [1.165, 1.54) is 42.5 Å². The maximum atomic E-state index is 12.7. The highest BCUT2D eigenvalue weighted by molar-refractivity contribution is 6.00. The van der Waals surface area contributed by atoms with Crippen molar-refractivity contribution in [1.29, 1.82) is 0 Å². The Kier molecular flexibility index (Phi) is 3.04. The molecule has 0 aliphatic carbocycles. The summed E-state index contributed by atoms with van der Waals surface area (Å²) in [5, 5.41) is 19.8. The standard InChI is InChI=1S/C21H13NO6/c22-19(25)10-1-4-13-16(7-10)21(28-20(13)26)14-5-2-11(23)8-17(14)27-18-9-12(24)3-6-15(18)21/h1-9,23-24H,(H2,22,25). The van der Waals surface area contributed by atoms with Gasteiger partial charge in [0, 0.05) is 34.4 Å². The first-order valence-electron chi connectivity index (χ1n) is 8.42. The van der Waals surface area contributed by atoms with Crippen LogP contribution in [0.1, 0.15) is 37.4 Å². The molecule has 3 aromatic carbocycles. The van der Waals surface area contributed by atoms with Crippen molar-refractivity contribution in [2.24, 2.45) is 5.73 Å². The van der Waals surface area contributed by atoms with Crippen LogP contribution in [0.15, 0.2) is 54.6 Å². The number of rotatable bonds is 1. The van der Waals surface area contributed by atoms with E-state index in [1.54, 1.807) is 12.1 Å². The van der Waals surface area contributed by atoms with Gasteiger partial charge in [0.2, 0.25) is 5.91 Å². The summed E-state index contributed by atoms with van der Waals surface area (Å²) in [6, 6.07) is 13.4. The number of carbonyl (C=O) groups is 2. The Labute approximate surface area is 158 Å². The van der Waals surface area contributed by atoms with Gasteiger partial charge >= 0.3 is 5.97 Å². The van der Waals surface area contributed by atoms with Crippen LogP contribution in [-0.4, -0.2) is 22.1 Å². The third-order valence-electron chi connectivity index (χ3n) is 5.06. The van der Waals surface area contributed by atoms with E-state index < -0.39 is 17.5 Å². The minimum atomic E-state index is -1.40. The topological polar surface area (TPSA) is 119 Å². The first kappa shape index (κ1) is 16.2. The summed E-state index contributed by atoms with van der Waals surface area (Å²) in [5.74, 6) is -0.737. The van der Waals surface area contributed by atoms with Gasteiger partial charge in [0.05, 0.1) is 5.56 Å². The fourth-order valence-electron chi connectivity index (χ4n) is 3.85. The van der Waals surface area contributed by atoms with Gasteiger partial charge in [-0.15, -0.1) is 0 Å². The first-order valence-corrected chi connectivity index (χ1v) is 8.42. The van der Waals surface area contributed by atoms with Crippen LogP contribution in [0, 0.1) is 0 Å². The number of amides is 1. The normalized spacial score (nSPS) is 15.2. The van der Waals surface area contributed by atoms with Crippen LogP contribution >= 0.6 is 0 Å².